The molecule has 1 aromatic rings. The minimum absolute atomic E-state index is 0.626. The van der Waals surface area contributed by atoms with Crippen molar-refractivity contribution in [1.82, 2.24) is 14.9 Å². The molecule has 0 spiro atoms. The molecule has 2 atom stereocenters. The third kappa shape index (κ3) is 2.29. The maximum Gasteiger partial charge on any atom is 0.113 e. The summed E-state index contributed by atoms with van der Waals surface area (Å²) in [6, 6.07) is 0.642. The number of hydrogen-bond acceptors (Lipinski definition) is 2. The Morgan fingerprint density at radius 2 is 2.31 bits per heavy atom. The molecule has 0 bridgehead atoms. The van der Waals surface area contributed by atoms with E-state index in [-0.39, 0.29) is 0 Å². The first kappa shape index (κ1) is 11.6. The van der Waals surface area contributed by atoms with Gasteiger partial charge in [0.2, 0.25) is 0 Å². The smallest absolute Gasteiger partial charge is 0.113 e. The van der Waals surface area contributed by atoms with Gasteiger partial charge in [-0.15, -0.1) is 0 Å². The highest BCUT2D eigenvalue weighted by molar-refractivity contribution is 5.07. The summed E-state index contributed by atoms with van der Waals surface area (Å²) >= 11 is 0. The lowest BCUT2D eigenvalue weighted by atomic mass is 10.0. The fraction of sp³-hybridized carbons (Fsp3) is 0.769. The minimum Gasteiger partial charge on any atom is -0.335 e. The van der Waals surface area contributed by atoms with Crippen LogP contribution < -0.4 is 5.32 Å². The number of imidazole rings is 1. The summed E-state index contributed by atoms with van der Waals surface area (Å²) in [5, 5.41) is 3.60. The van der Waals surface area contributed by atoms with E-state index < -0.39 is 0 Å². The molecule has 0 aromatic carbocycles. The molecule has 1 saturated carbocycles. The van der Waals surface area contributed by atoms with Crippen LogP contribution in [0.3, 0.4) is 0 Å². The first-order valence-electron chi connectivity index (χ1n) is 6.61. The highest BCUT2D eigenvalue weighted by atomic mass is 15.1. The van der Waals surface area contributed by atoms with E-state index in [2.05, 4.69) is 34.9 Å². The fourth-order valence-corrected chi connectivity index (χ4v) is 2.86. The first-order valence-corrected chi connectivity index (χ1v) is 6.61. The van der Waals surface area contributed by atoms with E-state index in [4.69, 9.17) is 0 Å². The molecule has 1 heterocycles. The second-order valence-corrected chi connectivity index (χ2v) is 4.68. The van der Waals surface area contributed by atoms with Gasteiger partial charge in [-0.2, -0.15) is 0 Å². The summed E-state index contributed by atoms with van der Waals surface area (Å²) in [5.41, 5.74) is 0. The highest BCUT2D eigenvalue weighted by Crippen LogP contribution is 2.33. The van der Waals surface area contributed by atoms with Crippen molar-refractivity contribution in [3.05, 3.63) is 18.2 Å². The average molecular weight is 221 g/mol. The predicted octanol–water partition coefficient (Wildman–Crippen LogP) is 2.54. The summed E-state index contributed by atoms with van der Waals surface area (Å²) in [6.45, 7) is 6.58. The van der Waals surface area contributed by atoms with Crippen LogP contribution in [0.2, 0.25) is 0 Å². The Bertz CT molecular complexity index is 319. The standard InChI is InChI=1S/C13H23N3/c1-3-9-16-10-8-15-13(16)11-6-5-7-12(11)14-4-2/h8,10-12,14H,3-7,9H2,1-2H3. The Kier molecular flexibility index (Phi) is 3.99. The molecule has 0 radical (unpaired) electrons. The maximum absolute atomic E-state index is 4.57. The molecule has 1 N–H and O–H groups in total. The second kappa shape index (κ2) is 5.48. The van der Waals surface area contributed by atoms with Gasteiger partial charge in [0.15, 0.2) is 0 Å². The molecule has 3 heteroatoms. The third-order valence-corrected chi connectivity index (χ3v) is 3.53. The third-order valence-electron chi connectivity index (χ3n) is 3.53. The second-order valence-electron chi connectivity index (χ2n) is 4.68. The summed E-state index contributed by atoms with van der Waals surface area (Å²) in [5.74, 6) is 1.92. The van der Waals surface area contributed by atoms with Crippen LogP contribution in [-0.2, 0) is 6.54 Å². The summed E-state index contributed by atoms with van der Waals surface area (Å²) < 4.78 is 2.33. The number of aryl methyl sites for hydroxylation is 1. The van der Waals surface area contributed by atoms with Gasteiger partial charge in [-0.3, -0.25) is 0 Å². The van der Waals surface area contributed by atoms with Crippen molar-refractivity contribution in [3.63, 3.8) is 0 Å². The van der Waals surface area contributed by atoms with Crippen molar-refractivity contribution in [1.29, 1.82) is 0 Å². The van der Waals surface area contributed by atoms with Crippen LogP contribution in [-0.4, -0.2) is 22.1 Å². The number of nitrogens with one attached hydrogen (secondary N) is 1. The zero-order chi connectivity index (χ0) is 11.4. The van der Waals surface area contributed by atoms with Gasteiger partial charge < -0.3 is 9.88 Å². The molecule has 1 aliphatic carbocycles. The van der Waals surface area contributed by atoms with Crippen molar-refractivity contribution in [3.8, 4) is 0 Å². The number of aromatic nitrogens is 2. The fourth-order valence-electron chi connectivity index (χ4n) is 2.86. The van der Waals surface area contributed by atoms with Crippen LogP contribution in [0.4, 0.5) is 0 Å². The van der Waals surface area contributed by atoms with Crippen LogP contribution in [0.15, 0.2) is 12.4 Å². The van der Waals surface area contributed by atoms with Crippen LogP contribution in [0.5, 0.6) is 0 Å². The average Bonchev–Trinajstić information content (AvgIpc) is 2.87. The number of rotatable bonds is 5. The molecule has 1 aliphatic rings. The van der Waals surface area contributed by atoms with Gasteiger partial charge in [0.05, 0.1) is 0 Å². The lowest BCUT2D eigenvalue weighted by molar-refractivity contribution is 0.459. The molecule has 1 aromatic heterocycles. The van der Waals surface area contributed by atoms with E-state index in [0.717, 1.165) is 13.1 Å². The molecule has 16 heavy (non-hydrogen) atoms. The predicted molar refractivity (Wildman–Crippen MR) is 66.6 cm³/mol. The minimum atomic E-state index is 0.626. The Morgan fingerprint density at radius 3 is 3.06 bits per heavy atom. The summed E-state index contributed by atoms with van der Waals surface area (Å²) in [7, 11) is 0. The number of likely N-dealkylation sites (N-methyl/N-ethyl adjacent to an activating group) is 1. The van der Waals surface area contributed by atoms with E-state index >= 15 is 0 Å². The van der Waals surface area contributed by atoms with Crippen LogP contribution in [0, 0.1) is 0 Å². The molecule has 90 valence electrons. The lowest BCUT2D eigenvalue weighted by Crippen LogP contribution is -2.32. The van der Waals surface area contributed by atoms with Gasteiger partial charge in [0.25, 0.3) is 0 Å². The van der Waals surface area contributed by atoms with Gasteiger partial charge in [0.1, 0.15) is 5.82 Å². The Labute approximate surface area is 98.3 Å². The largest absolute Gasteiger partial charge is 0.335 e. The molecule has 1 fully saturated rings. The molecule has 0 aliphatic heterocycles. The lowest BCUT2D eigenvalue weighted by Gasteiger charge is -2.21. The van der Waals surface area contributed by atoms with Gasteiger partial charge in [0, 0.05) is 30.9 Å². The molecule has 0 amide bonds. The highest BCUT2D eigenvalue weighted by Gasteiger charge is 2.30. The Balaban J connectivity index is 2.12. The van der Waals surface area contributed by atoms with Crippen molar-refractivity contribution in [2.45, 2.75) is 58.0 Å². The summed E-state index contributed by atoms with van der Waals surface area (Å²) in [4.78, 5) is 4.57. The van der Waals surface area contributed by atoms with E-state index in [0.29, 0.717) is 12.0 Å². The molecule has 0 saturated heterocycles. The molecular formula is C13H23N3. The van der Waals surface area contributed by atoms with Crippen LogP contribution in [0.25, 0.3) is 0 Å². The Hall–Kier alpha value is -0.830. The monoisotopic (exact) mass is 221 g/mol. The zero-order valence-electron chi connectivity index (χ0n) is 10.4. The molecular weight excluding hydrogens is 198 g/mol. The van der Waals surface area contributed by atoms with E-state index in [1.54, 1.807) is 0 Å². The van der Waals surface area contributed by atoms with Gasteiger partial charge in [-0.25, -0.2) is 4.98 Å². The van der Waals surface area contributed by atoms with Gasteiger partial charge >= 0.3 is 0 Å². The molecule has 2 rings (SSSR count). The van der Waals surface area contributed by atoms with Crippen molar-refractivity contribution >= 4 is 0 Å². The Morgan fingerprint density at radius 1 is 1.44 bits per heavy atom. The van der Waals surface area contributed by atoms with Crippen LogP contribution >= 0.6 is 0 Å². The van der Waals surface area contributed by atoms with Crippen molar-refractivity contribution in [2.24, 2.45) is 0 Å². The van der Waals surface area contributed by atoms with Crippen molar-refractivity contribution in [2.75, 3.05) is 6.54 Å². The van der Waals surface area contributed by atoms with Crippen molar-refractivity contribution < 1.29 is 0 Å². The quantitative estimate of drug-likeness (QED) is 0.828. The zero-order valence-corrected chi connectivity index (χ0v) is 10.4. The topological polar surface area (TPSA) is 29.9 Å². The maximum atomic E-state index is 4.57. The van der Waals surface area contributed by atoms with Crippen LogP contribution in [0.1, 0.15) is 51.3 Å². The SMILES string of the molecule is CCCn1ccnc1C1CCCC1NCC. The van der Waals surface area contributed by atoms with E-state index in [1.807, 2.05) is 6.20 Å². The number of nitrogens with zero attached hydrogens (tertiary/aromatic N) is 2. The number of hydrogen-bond donors (Lipinski definition) is 1. The molecule has 2 unspecified atom stereocenters. The first-order chi connectivity index (χ1) is 7.86. The van der Waals surface area contributed by atoms with Gasteiger partial charge in [-0.1, -0.05) is 20.3 Å². The normalized spacial score (nSPS) is 25.1. The van der Waals surface area contributed by atoms with E-state index in [9.17, 15) is 0 Å². The molecule has 3 nitrogen and oxygen atoms in total. The van der Waals surface area contributed by atoms with Gasteiger partial charge in [-0.05, 0) is 25.8 Å². The summed E-state index contributed by atoms with van der Waals surface area (Å²) in [6.07, 6.45) is 9.19. The van der Waals surface area contributed by atoms with E-state index in [1.165, 1.54) is 31.5 Å².